The van der Waals surface area contributed by atoms with Crippen LogP contribution in [0.2, 0.25) is 0 Å². The van der Waals surface area contributed by atoms with Crippen LogP contribution in [0.4, 0.5) is 0 Å². The Labute approximate surface area is 266 Å². The van der Waals surface area contributed by atoms with Crippen LogP contribution in [0.1, 0.15) is 130 Å². The summed E-state index contributed by atoms with van der Waals surface area (Å²) in [7, 11) is 4.60. The van der Waals surface area contributed by atoms with Crippen LogP contribution in [-0.4, -0.2) is 72.9 Å². The molecular formula is C34H63NO5S2. The largest absolute Gasteiger partial charge is 0.465 e. The van der Waals surface area contributed by atoms with Gasteiger partial charge in [-0.3, -0.25) is 9.59 Å². The second-order valence-electron chi connectivity index (χ2n) is 11.7. The lowest BCUT2D eigenvalue weighted by Crippen LogP contribution is -2.24. The number of unbranched alkanes of at least 4 members (excludes halogenated alkanes) is 11. The van der Waals surface area contributed by atoms with E-state index in [1.54, 1.807) is 0 Å². The first-order valence-electron chi connectivity index (χ1n) is 16.5. The van der Waals surface area contributed by atoms with E-state index in [2.05, 4.69) is 39.8 Å². The minimum atomic E-state index is -0.273. The maximum absolute atomic E-state index is 12.6. The van der Waals surface area contributed by atoms with Gasteiger partial charge in [0.25, 0.3) is 0 Å². The van der Waals surface area contributed by atoms with E-state index in [4.69, 9.17) is 14.6 Å². The van der Waals surface area contributed by atoms with Crippen molar-refractivity contribution < 1.29 is 24.2 Å². The molecule has 0 aliphatic carbocycles. The Balaban J connectivity index is 4.32. The van der Waals surface area contributed by atoms with Crippen LogP contribution in [0, 0.1) is 0 Å². The van der Waals surface area contributed by atoms with Crippen LogP contribution >= 0.6 is 21.6 Å². The Morgan fingerprint density at radius 2 is 1.38 bits per heavy atom. The van der Waals surface area contributed by atoms with Gasteiger partial charge in [-0.1, -0.05) is 116 Å². The average molecular weight is 630 g/mol. The lowest BCUT2D eigenvalue weighted by molar-refractivity contribution is -0.144. The van der Waals surface area contributed by atoms with E-state index in [1.165, 1.54) is 103 Å². The first kappa shape index (κ1) is 41.0. The number of nitrogens with zero attached hydrogens (tertiary/aromatic N) is 1. The predicted octanol–water partition coefficient (Wildman–Crippen LogP) is 8.92. The Kier molecular flexibility index (Phi) is 29.4. The minimum absolute atomic E-state index is 0.124. The number of aliphatic hydroxyl groups excluding tert-OH is 1. The fraction of sp³-hybridized carbons (Fsp3) is 0.824. The number of hydrogen-bond acceptors (Lipinski definition) is 8. The summed E-state index contributed by atoms with van der Waals surface area (Å²) < 4.78 is 11.1. The number of ether oxygens (including phenoxy) is 2. The molecule has 8 heteroatoms. The SMILES string of the molecule is CCCCCCCCCCCCCCC(/C=C(\C)CCC=C(C)C)OC(=O)CSSCC(=O)OCCCN(C)CCO. The predicted molar refractivity (Wildman–Crippen MR) is 183 cm³/mol. The molecule has 0 rings (SSSR count). The van der Waals surface area contributed by atoms with Gasteiger partial charge in [0.15, 0.2) is 0 Å². The molecule has 0 saturated carbocycles. The fourth-order valence-electron chi connectivity index (χ4n) is 4.58. The number of rotatable bonds is 29. The molecule has 0 bridgehead atoms. The molecule has 0 saturated heterocycles. The quantitative estimate of drug-likeness (QED) is 0.0380. The summed E-state index contributed by atoms with van der Waals surface area (Å²) in [4.78, 5) is 26.5. The van der Waals surface area contributed by atoms with Crippen LogP contribution in [0.15, 0.2) is 23.3 Å². The van der Waals surface area contributed by atoms with Gasteiger partial charge in [0.2, 0.25) is 0 Å². The Morgan fingerprint density at radius 1 is 0.810 bits per heavy atom. The van der Waals surface area contributed by atoms with Crippen molar-refractivity contribution in [3.05, 3.63) is 23.3 Å². The van der Waals surface area contributed by atoms with E-state index < -0.39 is 0 Å². The lowest BCUT2D eigenvalue weighted by atomic mass is 10.0. The van der Waals surface area contributed by atoms with Gasteiger partial charge in [0, 0.05) is 13.1 Å². The molecule has 0 aromatic carbocycles. The van der Waals surface area contributed by atoms with E-state index in [1.807, 2.05) is 11.9 Å². The summed E-state index contributed by atoms with van der Waals surface area (Å²) in [6.45, 7) is 10.5. The van der Waals surface area contributed by atoms with Crippen molar-refractivity contribution in [2.45, 2.75) is 137 Å². The molecule has 0 aliphatic heterocycles. The minimum Gasteiger partial charge on any atom is -0.465 e. The van der Waals surface area contributed by atoms with Gasteiger partial charge in [-0.05, 0) is 66.0 Å². The van der Waals surface area contributed by atoms with Crippen LogP contribution in [-0.2, 0) is 19.1 Å². The monoisotopic (exact) mass is 629 g/mol. The average Bonchev–Trinajstić information content (AvgIpc) is 2.94. The molecule has 246 valence electrons. The van der Waals surface area contributed by atoms with Crippen LogP contribution in [0.3, 0.4) is 0 Å². The Bertz CT molecular complexity index is 725. The first-order valence-corrected chi connectivity index (χ1v) is 19.0. The van der Waals surface area contributed by atoms with E-state index in [0.29, 0.717) is 13.2 Å². The smallest absolute Gasteiger partial charge is 0.317 e. The summed E-state index contributed by atoms with van der Waals surface area (Å²) in [6, 6.07) is 0. The highest BCUT2D eigenvalue weighted by atomic mass is 33.1. The van der Waals surface area contributed by atoms with Crippen molar-refractivity contribution in [2.24, 2.45) is 0 Å². The summed E-state index contributed by atoms with van der Waals surface area (Å²) in [5.41, 5.74) is 2.59. The number of carbonyl (C=O) groups excluding carboxylic acids is 2. The van der Waals surface area contributed by atoms with Crippen molar-refractivity contribution in [1.29, 1.82) is 0 Å². The molecule has 1 N–H and O–H groups in total. The number of carbonyl (C=O) groups is 2. The molecule has 1 atom stereocenters. The summed E-state index contributed by atoms with van der Waals surface area (Å²) in [5, 5.41) is 8.92. The topological polar surface area (TPSA) is 76.1 Å². The number of hydrogen-bond donors (Lipinski definition) is 1. The maximum atomic E-state index is 12.6. The molecule has 1 unspecified atom stereocenters. The molecule has 0 aromatic heterocycles. The highest BCUT2D eigenvalue weighted by Gasteiger charge is 2.14. The summed E-state index contributed by atoms with van der Waals surface area (Å²) in [6.07, 6.45) is 23.5. The molecule has 42 heavy (non-hydrogen) atoms. The number of aliphatic hydroxyl groups is 1. The molecule has 6 nitrogen and oxygen atoms in total. The van der Waals surface area contributed by atoms with Gasteiger partial charge in [0.1, 0.15) is 17.6 Å². The second kappa shape index (κ2) is 30.1. The molecule has 0 fully saturated rings. The van der Waals surface area contributed by atoms with Crippen molar-refractivity contribution in [2.75, 3.05) is 44.9 Å². The number of esters is 2. The molecule has 0 amide bonds. The van der Waals surface area contributed by atoms with Crippen molar-refractivity contribution in [1.82, 2.24) is 4.90 Å². The molecule has 0 spiro atoms. The van der Waals surface area contributed by atoms with Crippen molar-refractivity contribution in [3.8, 4) is 0 Å². The van der Waals surface area contributed by atoms with Gasteiger partial charge >= 0.3 is 11.9 Å². The van der Waals surface area contributed by atoms with E-state index >= 15 is 0 Å². The standard InChI is InChI=1S/C34H63NO5S2/c1-6-7-8-9-10-11-12-13-14-15-16-17-22-32(27-31(4)21-18-20-30(2)3)40-34(38)29-42-41-28-33(37)39-26-19-23-35(5)24-25-36/h20,27,32,36H,6-19,21-26,28-29H2,1-5H3/b31-27+. The zero-order chi connectivity index (χ0) is 31.3. The fourth-order valence-corrected chi connectivity index (χ4v) is 6.17. The van der Waals surface area contributed by atoms with Crippen LogP contribution in [0.25, 0.3) is 0 Å². The third-order valence-electron chi connectivity index (χ3n) is 7.05. The van der Waals surface area contributed by atoms with Gasteiger partial charge < -0.3 is 19.5 Å². The Hall–Kier alpha value is -0.960. The van der Waals surface area contributed by atoms with Gasteiger partial charge in [-0.15, -0.1) is 0 Å². The highest BCUT2D eigenvalue weighted by Crippen LogP contribution is 2.23. The summed E-state index contributed by atoms with van der Waals surface area (Å²) >= 11 is 0. The molecule has 0 heterocycles. The van der Waals surface area contributed by atoms with Gasteiger partial charge in [0.05, 0.1) is 13.2 Å². The van der Waals surface area contributed by atoms with E-state index in [-0.39, 0.29) is 36.2 Å². The second-order valence-corrected chi connectivity index (χ2v) is 14.1. The normalized spacial score (nSPS) is 12.4. The van der Waals surface area contributed by atoms with Crippen molar-refractivity contribution in [3.63, 3.8) is 0 Å². The zero-order valence-corrected chi connectivity index (χ0v) is 29.3. The number of likely N-dealkylation sites (N-methyl/N-ethyl adjacent to an activating group) is 1. The maximum Gasteiger partial charge on any atom is 0.317 e. The zero-order valence-electron chi connectivity index (χ0n) is 27.6. The van der Waals surface area contributed by atoms with E-state index in [0.717, 1.165) is 38.6 Å². The molecule has 0 aromatic rings. The summed E-state index contributed by atoms with van der Waals surface area (Å²) in [5.74, 6) is -0.0879. The van der Waals surface area contributed by atoms with Crippen LogP contribution in [0.5, 0.6) is 0 Å². The molecular weight excluding hydrogens is 567 g/mol. The lowest BCUT2D eigenvalue weighted by Gasteiger charge is -2.16. The van der Waals surface area contributed by atoms with Gasteiger partial charge in [-0.25, -0.2) is 0 Å². The third kappa shape index (κ3) is 29.1. The highest BCUT2D eigenvalue weighted by molar-refractivity contribution is 8.77. The molecule has 0 aliphatic rings. The third-order valence-corrected chi connectivity index (χ3v) is 9.13. The van der Waals surface area contributed by atoms with E-state index in [9.17, 15) is 9.59 Å². The Morgan fingerprint density at radius 3 is 1.95 bits per heavy atom. The van der Waals surface area contributed by atoms with Gasteiger partial charge in [-0.2, -0.15) is 0 Å². The first-order chi connectivity index (χ1) is 20.3. The number of allylic oxidation sites excluding steroid dienone is 3. The van der Waals surface area contributed by atoms with Crippen molar-refractivity contribution >= 4 is 33.5 Å². The van der Waals surface area contributed by atoms with Crippen LogP contribution < -0.4 is 0 Å². The molecule has 0 radical (unpaired) electrons.